The van der Waals surface area contributed by atoms with Crippen molar-refractivity contribution in [2.45, 2.75) is 4.90 Å². The third kappa shape index (κ3) is 2.50. The van der Waals surface area contributed by atoms with E-state index in [0.717, 1.165) is 10.7 Å². The summed E-state index contributed by atoms with van der Waals surface area (Å²) >= 11 is 3.28. The van der Waals surface area contributed by atoms with Gasteiger partial charge in [0.2, 0.25) is 5.88 Å². The van der Waals surface area contributed by atoms with Gasteiger partial charge in [-0.3, -0.25) is 0 Å². The average Bonchev–Trinajstić information content (AvgIpc) is 2.62. The van der Waals surface area contributed by atoms with Crippen LogP contribution in [0.15, 0.2) is 38.2 Å². The molecule has 0 atom stereocenters. The van der Waals surface area contributed by atoms with Crippen LogP contribution < -0.4 is 5.73 Å². The number of sulfone groups is 1. The van der Waals surface area contributed by atoms with Gasteiger partial charge in [-0.05, 0) is 18.2 Å². The van der Waals surface area contributed by atoms with Crippen molar-refractivity contribution in [1.29, 1.82) is 0 Å². The molecule has 0 spiro atoms. The van der Waals surface area contributed by atoms with Crippen LogP contribution in [0.3, 0.4) is 0 Å². The Bertz CT molecular complexity index is 664. The Labute approximate surface area is 107 Å². The lowest BCUT2D eigenvalue weighted by atomic mass is 10.1. The molecule has 0 radical (unpaired) electrons. The van der Waals surface area contributed by atoms with E-state index < -0.39 is 9.84 Å². The Morgan fingerprint density at radius 3 is 2.59 bits per heavy atom. The van der Waals surface area contributed by atoms with Gasteiger partial charge in [0, 0.05) is 22.4 Å². The van der Waals surface area contributed by atoms with Gasteiger partial charge in [-0.15, -0.1) is 0 Å². The Balaban J connectivity index is 2.71. The quantitative estimate of drug-likeness (QED) is 0.916. The Morgan fingerprint density at radius 1 is 1.35 bits per heavy atom. The smallest absolute Gasteiger partial charge is 0.222 e. The van der Waals surface area contributed by atoms with E-state index in [2.05, 4.69) is 21.1 Å². The third-order valence-electron chi connectivity index (χ3n) is 2.15. The molecule has 0 saturated heterocycles. The first-order valence-electron chi connectivity index (χ1n) is 4.60. The summed E-state index contributed by atoms with van der Waals surface area (Å²) in [5.74, 6) is 0.138. The summed E-state index contributed by atoms with van der Waals surface area (Å²) in [5, 5.41) is 3.72. The molecule has 0 aliphatic heterocycles. The standard InChI is InChI=1S/C10H9BrN2O3S/c1-17(14,15)9-3-2-6(11)4-7(9)8-5-10(12)16-13-8/h2-5H,12H2,1H3. The second-order valence-corrected chi connectivity index (χ2v) is 6.43. The number of hydrogen-bond acceptors (Lipinski definition) is 5. The van der Waals surface area contributed by atoms with E-state index in [1.54, 1.807) is 12.1 Å². The van der Waals surface area contributed by atoms with Crippen molar-refractivity contribution in [3.8, 4) is 11.3 Å². The van der Waals surface area contributed by atoms with Gasteiger partial charge in [0.1, 0.15) is 5.69 Å². The van der Waals surface area contributed by atoms with Crippen molar-refractivity contribution in [1.82, 2.24) is 5.16 Å². The van der Waals surface area contributed by atoms with Crippen LogP contribution in [0.25, 0.3) is 11.3 Å². The molecule has 1 heterocycles. The summed E-state index contributed by atoms with van der Waals surface area (Å²) in [6.45, 7) is 0. The Hall–Kier alpha value is -1.34. The summed E-state index contributed by atoms with van der Waals surface area (Å²) in [6, 6.07) is 6.31. The fourth-order valence-electron chi connectivity index (χ4n) is 1.44. The van der Waals surface area contributed by atoms with Crippen molar-refractivity contribution in [3.05, 3.63) is 28.7 Å². The number of halogens is 1. The monoisotopic (exact) mass is 316 g/mol. The lowest BCUT2D eigenvalue weighted by Crippen LogP contribution is -2.00. The first kappa shape index (κ1) is 12.1. The van der Waals surface area contributed by atoms with Gasteiger partial charge in [-0.25, -0.2) is 8.42 Å². The van der Waals surface area contributed by atoms with Gasteiger partial charge in [0.25, 0.3) is 0 Å². The lowest BCUT2D eigenvalue weighted by molar-refractivity contribution is 0.439. The summed E-state index contributed by atoms with van der Waals surface area (Å²) < 4.78 is 28.8. The van der Waals surface area contributed by atoms with Crippen molar-refractivity contribution in [3.63, 3.8) is 0 Å². The average molecular weight is 317 g/mol. The van der Waals surface area contributed by atoms with Gasteiger partial charge >= 0.3 is 0 Å². The molecule has 2 rings (SSSR count). The molecule has 0 fully saturated rings. The fraction of sp³-hybridized carbons (Fsp3) is 0.100. The zero-order valence-corrected chi connectivity index (χ0v) is 11.2. The topological polar surface area (TPSA) is 86.2 Å². The normalized spacial score (nSPS) is 11.6. The molecule has 2 N–H and O–H groups in total. The molecular formula is C10H9BrN2O3S. The van der Waals surface area contributed by atoms with E-state index in [-0.39, 0.29) is 10.8 Å². The Kier molecular flexibility index (Phi) is 2.96. The lowest BCUT2D eigenvalue weighted by Gasteiger charge is -2.05. The van der Waals surface area contributed by atoms with E-state index in [0.29, 0.717) is 11.3 Å². The number of rotatable bonds is 2. The van der Waals surface area contributed by atoms with E-state index in [1.807, 2.05) is 0 Å². The van der Waals surface area contributed by atoms with Crippen LogP contribution in [0.1, 0.15) is 0 Å². The minimum Gasteiger partial charge on any atom is -0.368 e. The molecule has 1 aromatic carbocycles. The second-order valence-electron chi connectivity index (χ2n) is 3.53. The van der Waals surface area contributed by atoms with Crippen LogP contribution in [0.4, 0.5) is 5.88 Å². The second kappa shape index (κ2) is 4.15. The first-order valence-corrected chi connectivity index (χ1v) is 7.28. The van der Waals surface area contributed by atoms with Gasteiger partial charge in [0.05, 0.1) is 4.90 Å². The van der Waals surface area contributed by atoms with Crippen molar-refractivity contribution < 1.29 is 12.9 Å². The molecule has 17 heavy (non-hydrogen) atoms. The number of aromatic nitrogens is 1. The number of nitrogens with zero attached hydrogens (tertiary/aromatic N) is 1. The predicted molar refractivity (Wildman–Crippen MR) is 67.2 cm³/mol. The third-order valence-corrected chi connectivity index (χ3v) is 3.79. The van der Waals surface area contributed by atoms with Gasteiger partial charge in [-0.1, -0.05) is 21.1 Å². The molecule has 1 aromatic heterocycles. The molecule has 0 saturated carbocycles. The summed E-state index contributed by atoms with van der Waals surface area (Å²) in [5.41, 5.74) is 6.28. The van der Waals surface area contributed by atoms with E-state index in [4.69, 9.17) is 10.3 Å². The SMILES string of the molecule is CS(=O)(=O)c1ccc(Br)cc1-c1cc(N)on1. The highest BCUT2D eigenvalue weighted by Crippen LogP contribution is 2.30. The molecule has 0 aliphatic rings. The van der Waals surface area contributed by atoms with Gasteiger partial charge in [-0.2, -0.15) is 0 Å². The highest BCUT2D eigenvalue weighted by Gasteiger charge is 2.17. The molecule has 0 bridgehead atoms. The molecule has 0 aliphatic carbocycles. The first-order chi connectivity index (χ1) is 7.88. The Morgan fingerprint density at radius 2 is 2.06 bits per heavy atom. The molecule has 0 amide bonds. The maximum atomic E-state index is 11.6. The number of anilines is 1. The number of nitrogen functional groups attached to an aromatic ring is 1. The molecule has 2 aromatic rings. The van der Waals surface area contributed by atoms with Crippen LogP contribution in [0.5, 0.6) is 0 Å². The minimum absolute atomic E-state index is 0.138. The van der Waals surface area contributed by atoms with Gasteiger partial charge in [0.15, 0.2) is 9.84 Å². The van der Waals surface area contributed by atoms with Crippen molar-refractivity contribution in [2.24, 2.45) is 0 Å². The van der Waals surface area contributed by atoms with E-state index >= 15 is 0 Å². The zero-order chi connectivity index (χ0) is 12.6. The predicted octanol–water partition coefficient (Wildman–Crippen LogP) is 2.09. The summed E-state index contributed by atoms with van der Waals surface area (Å²) in [4.78, 5) is 0.189. The van der Waals surface area contributed by atoms with Crippen LogP contribution in [-0.4, -0.2) is 19.8 Å². The molecule has 5 nitrogen and oxygen atoms in total. The van der Waals surface area contributed by atoms with Crippen LogP contribution in [-0.2, 0) is 9.84 Å². The van der Waals surface area contributed by atoms with Crippen LogP contribution in [0, 0.1) is 0 Å². The fourth-order valence-corrected chi connectivity index (χ4v) is 2.68. The molecule has 0 unspecified atom stereocenters. The summed E-state index contributed by atoms with van der Waals surface area (Å²) in [6.07, 6.45) is 1.14. The zero-order valence-electron chi connectivity index (χ0n) is 8.84. The summed E-state index contributed by atoms with van der Waals surface area (Å²) in [7, 11) is -3.33. The van der Waals surface area contributed by atoms with E-state index in [1.165, 1.54) is 12.1 Å². The van der Waals surface area contributed by atoms with Crippen LogP contribution >= 0.6 is 15.9 Å². The highest BCUT2D eigenvalue weighted by atomic mass is 79.9. The minimum atomic E-state index is -3.33. The van der Waals surface area contributed by atoms with E-state index in [9.17, 15) is 8.42 Å². The van der Waals surface area contributed by atoms with Crippen molar-refractivity contribution in [2.75, 3.05) is 12.0 Å². The largest absolute Gasteiger partial charge is 0.368 e. The van der Waals surface area contributed by atoms with Crippen molar-refractivity contribution >= 4 is 31.7 Å². The van der Waals surface area contributed by atoms with Gasteiger partial charge < -0.3 is 10.3 Å². The maximum absolute atomic E-state index is 11.6. The number of nitrogens with two attached hydrogens (primary N) is 1. The number of hydrogen-bond donors (Lipinski definition) is 1. The van der Waals surface area contributed by atoms with Crippen LogP contribution in [0.2, 0.25) is 0 Å². The molecule has 7 heteroatoms. The number of benzene rings is 1. The molecule has 90 valence electrons. The molecular weight excluding hydrogens is 308 g/mol. The maximum Gasteiger partial charge on any atom is 0.222 e. The highest BCUT2D eigenvalue weighted by molar-refractivity contribution is 9.10.